The second-order valence-corrected chi connectivity index (χ2v) is 11.7. The normalized spacial score (nSPS) is 26.2. The summed E-state index contributed by atoms with van der Waals surface area (Å²) in [6.07, 6.45) is 4.22. The number of aromatic hydroxyl groups is 1. The van der Waals surface area contributed by atoms with E-state index in [0.29, 0.717) is 18.4 Å². The molecular formula is C28H25F2N3O4S. The van der Waals surface area contributed by atoms with Crippen LogP contribution in [0.5, 0.6) is 5.75 Å². The Bertz CT molecular complexity index is 1550. The predicted octanol–water partition coefficient (Wildman–Crippen LogP) is 3.88. The molecule has 2 aromatic carbocycles. The van der Waals surface area contributed by atoms with Crippen LogP contribution in [0.2, 0.25) is 0 Å². The Morgan fingerprint density at radius 3 is 2.53 bits per heavy atom. The van der Waals surface area contributed by atoms with Crippen LogP contribution < -0.4 is 10.4 Å². The van der Waals surface area contributed by atoms with Gasteiger partial charge in [0.05, 0.1) is 11.6 Å². The van der Waals surface area contributed by atoms with Crippen molar-refractivity contribution in [1.29, 1.82) is 0 Å². The van der Waals surface area contributed by atoms with Crippen molar-refractivity contribution >= 4 is 17.7 Å². The number of nitrogens with zero attached hydrogens (tertiary/aromatic N) is 3. The van der Waals surface area contributed by atoms with Gasteiger partial charge in [-0.3, -0.25) is 19.3 Å². The fourth-order valence-corrected chi connectivity index (χ4v) is 7.37. The highest BCUT2D eigenvalue weighted by molar-refractivity contribution is 7.98. The van der Waals surface area contributed by atoms with Gasteiger partial charge in [0.25, 0.3) is 5.91 Å². The summed E-state index contributed by atoms with van der Waals surface area (Å²) < 4.78 is 31.0. The topological polar surface area (TPSA) is 86.0 Å². The molecule has 2 saturated carbocycles. The number of aromatic nitrogens is 1. The maximum absolute atomic E-state index is 15.2. The maximum Gasteiger partial charge on any atom is 0.278 e. The highest BCUT2D eigenvalue weighted by Crippen LogP contribution is 2.52. The Kier molecular flexibility index (Phi) is 5.19. The second kappa shape index (κ2) is 8.31. The first-order valence-corrected chi connectivity index (χ1v) is 13.7. The first-order chi connectivity index (χ1) is 18.3. The number of amides is 1. The molecule has 1 aromatic heterocycles. The van der Waals surface area contributed by atoms with E-state index < -0.39 is 40.4 Å². The highest BCUT2D eigenvalue weighted by Gasteiger charge is 2.56. The molecule has 1 atom stereocenters. The zero-order valence-corrected chi connectivity index (χ0v) is 21.1. The van der Waals surface area contributed by atoms with Crippen LogP contribution in [0.4, 0.5) is 8.78 Å². The van der Waals surface area contributed by atoms with Gasteiger partial charge in [-0.25, -0.2) is 8.78 Å². The maximum atomic E-state index is 15.2. The third-order valence-electron chi connectivity index (χ3n) is 8.46. The minimum Gasteiger partial charge on any atom is -0.502 e. The van der Waals surface area contributed by atoms with Crippen molar-refractivity contribution in [3.63, 3.8) is 0 Å². The quantitative estimate of drug-likeness (QED) is 0.528. The third-order valence-corrected chi connectivity index (χ3v) is 9.57. The Hall–Kier alpha value is -3.37. The smallest absolute Gasteiger partial charge is 0.278 e. The second-order valence-electron chi connectivity index (χ2n) is 10.7. The summed E-state index contributed by atoms with van der Waals surface area (Å²) in [7, 11) is 0. The summed E-state index contributed by atoms with van der Waals surface area (Å²) in [6.45, 7) is 0.0711. The first kappa shape index (κ1) is 23.7. The Labute approximate surface area is 221 Å². The molecule has 0 unspecified atom stereocenters. The molecule has 10 heteroatoms. The molecule has 0 saturated heterocycles. The average Bonchev–Trinajstić information content (AvgIpc) is 3.74. The summed E-state index contributed by atoms with van der Waals surface area (Å²) in [5, 5.41) is 23.6. The highest BCUT2D eigenvalue weighted by atomic mass is 32.2. The minimum absolute atomic E-state index is 0.0711. The molecule has 0 radical (unpaired) electrons. The van der Waals surface area contributed by atoms with Crippen molar-refractivity contribution in [3.05, 3.63) is 92.9 Å². The molecule has 7 rings (SSSR count). The number of thioether (sulfide) groups is 1. The molecule has 2 aliphatic heterocycles. The van der Waals surface area contributed by atoms with Crippen molar-refractivity contribution in [3.8, 4) is 5.75 Å². The first-order valence-electron chi connectivity index (χ1n) is 12.7. The van der Waals surface area contributed by atoms with Gasteiger partial charge in [0.1, 0.15) is 6.67 Å². The van der Waals surface area contributed by atoms with Gasteiger partial charge in [-0.05, 0) is 54.9 Å². The number of hydrogen-bond donors (Lipinski definition) is 2. The number of halogens is 2. The zero-order chi connectivity index (χ0) is 26.3. The molecule has 2 N–H and O–H groups in total. The van der Waals surface area contributed by atoms with Gasteiger partial charge in [-0.1, -0.05) is 24.3 Å². The molecule has 7 nitrogen and oxygen atoms in total. The lowest BCUT2D eigenvalue weighted by Crippen LogP contribution is -2.64. The largest absolute Gasteiger partial charge is 0.502 e. The molecule has 1 amide bonds. The molecule has 2 aliphatic carbocycles. The van der Waals surface area contributed by atoms with Crippen molar-refractivity contribution in [2.75, 3.05) is 11.7 Å². The lowest BCUT2D eigenvalue weighted by molar-refractivity contribution is -0.101. The van der Waals surface area contributed by atoms with Crippen LogP contribution in [0.1, 0.15) is 58.9 Å². The molecule has 3 aromatic rings. The van der Waals surface area contributed by atoms with E-state index in [1.54, 1.807) is 11.0 Å². The molecule has 0 bridgehead atoms. The Morgan fingerprint density at radius 1 is 1.00 bits per heavy atom. The number of rotatable bonds is 3. The van der Waals surface area contributed by atoms with Crippen molar-refractivity contribution in [2.24, 2.45) is 5.92 Å². The van der Waals surface area contributed by atoms with Crippen molar-refractivity contribution < 1.29 is 23.8 Å². The van der Waals surface area contributed by atoms with Gasteiger partial charge >= 0.3 is 0 Å². The number of benzene rings is 2. The van der Waals surface area contributed by atoms with Crippen LogP contribution in [-0.4, -0.2) is 44.0 Å². The average molecular weight is 538 g/mol. The van der Waals surface area contributed by atoms with E-state index in [1.807, 2.05) is 29.3 Å². The lowest BCUT2D eigenvalue weighted by atomic mass is 9.71. The van der Waals surface area contributed by atoms with E-state index in [9.17, 15) is 24.2 Å². The third kappa shape index (κ3) is 3.42. The summed E-state index contributed by atoms with van der Waals surface area (Å²) >= 11 is 1.41. The molecule has 4 aliphatic rings. The van der Waals surface area contributed by atoms with Gasteiger partial charge in [-0.15, -0.1) is 11.8 Å². The van der Waals surface area contributed by atoms with E-state index in [1.165, 1.54) is 28.7 Å². The predicted molar refractivity (Wildman–Crippen MR) is 137 cm³/mol. The van der Waals surface area contributed by atoms with Crippen LogP contribution in [-0.2, 0) is 5.75 Å². The summed E-state index contributed by atoms with van der Waals surface area (Å²) in [4.78, 5) is 28.6. The van der Waals surface area contributed by atoms with Gasteiger partial charge in [0.2, 0.25) is 5.43 Å². The van der Waals surface area contributed by atoms with Crippen molar-refractivity contribution in [2.45, 2.75) is 54.0 Å². The van der Waals surface area contributed by atoms with Gasteiger partial charge in [-0.2, -0.15) is 0 Å². The van der Waals surface area contributed by atoms with E-state index in [0.717, 1.165) is 29.4 Å². The lowest BCUT2D eigenvalue weighted by Gasteiger charge is -2.53. The number of hydrogen-bond acceptors (Lipinski definition) is 6. The summed E-state index contributed by atoms with van der Waals surface area (Å²) in [5.41, 5.74) is -0.0430. The van der Waals surface area contributed by atoms with Gasteiger partial charge in [0.15, 0.2) is 23.1 Å². The molecule has 196 valence electrons. The Morgan fingerprint density at radius 2 is 1.76 bits per heavy atom. The molecular weight excluding hydrogens is 512 g/mol. The SMILES string of the molecule is O=C1c2c(O)c(=O)ccn2N([C@@H]2c3ccccc3SCc3c2ccc(F)c3F)CN1C1CC(O)(C2CC2)C1. The molecule has 0 spiro atoms. The minimum atomic E-state index is -0.931. The molecule has 3 heterocycles. The summed E-state index contributed by atoms with van der Waals surface area (Å²) in [6, 6.07) is 10.5. The number of pyridine rings is 1. The summed E-state index contributed by atoms with van der Waals surface area (Å²) in [5.74, 6) is -2.53. The Balaban J connectivity index is 1.40. The fraction of sp³-hybridized carbons (Fsp3) is 0.357. The van der Waals surface area contributed by atoms with E-state index in [2.05, 4.69) is 0 Å². The van der Waals surface area contributed by atoms with Crippen LogP contribution in [0.3, 0.4) is 0 Å². The molecule has 38 heavy (non-hydrogen) atoms. The van der Waals surface area contributed by atoms with E-state index >= 15 is 4.39 Å². The number of aliphatic hydroxyl groups is 1. The zero-order valence-electron chi connectivity index (χ0n) is 20.3. The van der Waals surface area contributed by atoms with E-state index in [4.69, 9.17) is 0 Å². The standard InChI is InChI=1S/C28H25F2N3O4S/c29-20-8-7-17-19(23(20)30)13-38-22-4-2-1-3-18(22)24(17)33-14-31(16-11-28(37,12-16)15-5-6-15)27(36)25-26(35)21(34)9-10-32(25)33/h1-4,7-10,15-16,24,35,37H,5-6,11-14H2/t16?,24-,28?/m0/s1. The fourth-order valence-electron chi connectivity index (χ4n) is 6.26. The monoisotopic (exact) mass is 537 g/mol. The number of fused-ring (bicyclic) bond motifs is 3. The number of carbonyl (C=O) groups is 1. The van der Waals surface area contributed by atoms with Crippen LogP contribution in [0, 0.1) is 17.6 Å². The van der Waals surface area contributed by atoms with E-state index in [-0.39, 0.29) is 35.6 Å². The van der Waals surface area contributed by atoms with Crippen LogP contribution in [0.25, 0.3) is 0 Å². The van der Waals surface area contributed by atoms with Crippen LogP contribution in [0.15, 0.2) is 58.4 Å². The molecule has 2 fully saturated rings. The van der Waals surface area contributed by atoms with Gasteiger partial charge < -0.3 is 15.1 Å². The van der Waals surface area contributed by atoms with Gasteiger partial charge in [0, 0.05) is 34.5 Å². The number of carbonyl (C=O) groups excluding carboxylic acids is 1. The van der Waals surface area contributed by atoms with Crippen LogP contribution >= 0.6 is 11.8 Å². The van der Waals surface area contributed by atoms with Crippen molar-refractivity contribution in [1.82, 2.24) is 9.58 Å².